The van der Waals surface area contributed by atoms with Crippen molar-refractivity contribution in [3.63, 3.8) is 0 Å². The van der Waals surface area contributed by atoms with E-state index in [0.29, 0.717) is 11.5 Å². The SMILES string of the molecule is Cc1ccc(C(C)NS(=O)(=O)c2cc(CO)oc2Br)o1. The highest BCUT2D eigenvalue weighted by atomic mass is 79.9. The van der Waals surface area contributed by atoms with Crippen LogP contribution in [0, 0.1) is 6.92 Å². The molecule has 110 valence electrons. The molecule has 2 N–H and O–H groups in total. The van der Waals surface area contributed by atoms with E-state index in [1.54, 1.807) is 26.0 Å². The van der Waals surface area contributed by atoms with Crippen LogP contribution in [0.4, 0.5) is 0 Å². The van der Waals surface area contributed by atoms with Gasteiger partial charge in [0.05, 0.1) is 6.04 Å². The molecular weight excluding hydrogens is 350 g/mol. The summed E-state index contributed by atoms with van der Waals surface area (Å²) in [6.45, 7) is 3.09. The van der Waals surface area contributed by atoms with Crippen molar-refractivity contribution < 1.29 is 22.4 Å². The summed E-state index contributed by atoms with van der Waals surface area (Å²) in [5.41, 5.74) is 0. The van der Waals surface area contributed by atoms with E-state index in [2.05, 4.69) is 20.7 Å². The van der Waals surface area contributed by atoms with Gasteiger partial charge < -0.3 is 13.9 Å². The maximum Gasteiger partial charge on any atom is 0.245 e. The van der Waals surface area contributed by atoms with Crippen molar-refractivity contribution in [2.45, 2.75) is 31.4 Å². The summed E-state index contributed by atoms with van der Waals surface area (Å²) in [5, 5.41) is 8.96. The van der Waals surface area contributed by atoms with E-state index in [-0.39, 0.29) is 21.9 Å². The summed E-state index contributed by atoms with van der Waals surface area (Å²) in [6, 6.07) is 4.23. The highest BCUT2D eigenvalue weighted by Gasteiger charge is 2.25. The van der Waals surface area contributed by atoms with Crippen LogP contribution >= 0.6 is 15.9 Å². The Kier molecular flexibility index (Phi) is 4.38. The van der Waals surface area contributed by atoms with Gasteiger partial charge in [0.15, 0.2) is 4.67 Å². The van der Waals surface area contributed by atoms with E-state index >= 15 is 0 Å². The monoisotopic (exact) mass is 363 g/mol. The number of halogens is 1. The predicted octanol–water partition coefficient (Wildman–Crippen LogP) is 2.48. The number of aliphatic hydroxyl groups is 1. The zero-order valence-electron chi connectivity index (χ0n) is 10.9. The third kappa shape index (κ3) is 3.14. The van der Waals surface area contributed by atoms with Gasteiger partial charge in [-0.15, -0.1) is 0 Å². The molecular formula is C12H14BrNO5S. The van der Waals surface area contributed by atoms with E-state index in [4.69, 9.17) is 13.9 Å². The molecule has 0 aliphatic carbocycles. The number of sulfonamides is 1. The Morgan fingerprint density at radius 2 is 2.10 bits per heavy atom. The fourth-order valence-corrected chi connectivity index (χ4v) is 3.91. The van der Waals surface area contributed by atoms with Crippen LogP contribution in [0.1, 0.15) is 30.2 Å². The first-order valence-corrected chi connectivity index (χ1v) is 8.09. The third-order valence-electron chi connectivity index (χ3n) is 2.67. The van der Waals surface area contributed by atoms with Crippen LogP contribution in [0.3, 0.4) is 0 Å². The zero-order chi connectivity index (χ0) is 14.9. The zero-order valence-corrected chi connectivity index (χ0v) is 13.3. The largest absolute Gasteiger partial charge is 0.465 e. The Bertz CT molecular complexity index is 703. The van der Waals surface area contributed by atoms with Crippen molar-refractivity contribution >= 4 is 26.0 Å². The molecule has 2 aromatic heterocycles. The smallest absolute Gasteiger partial charge is 0.245 e. The molecule has 1 unspecified atom stereocenters. The van der Waals surface area contributed by atoms with Gasteiger partial charge in [-0.3, -0.25) is 0 Å². The number of aryl methyl sites for hydroxylation is 1. The van der Waals surface area contributed by atoms with Crippen LogP contribution in [0.5, 0.6) is 0 Å². The third-order valence-corrected chi connectivity index (χ3v) is 5.07. The van der Waals surface area contributed by atoms with E-state index in [1.165, 1.54) is 6.07 Å². The summed E-state index contributed by atoms with van der Waals surface area (Å²) < 4.78 is 37.5. The lowest BCUT2D eigenvalue weighted by Crippen LogP contribution is -2.26. The van der Waals surface area contributed by atoms with Crippen LogP contribution in [0.15, 0.2) is 36.6 Å². The van der Waals surface area contributed by atoms with Crippen molar-refractivity contribution in [3.8, 4) is 0 Å². The van der Waals surface area contributed by atoms with Crippen molar-refractivity contribution in [3.05, 3.63) is 40.1 Å². The first kappa shape index (κ1) is 15.3. The molecule has 20 heavy (non-hydrogen) atoms. The Labute approximate surface area is 125 Å². The van der Waals surface area contributed by atoms with Gasteiger partial charge >= 0.3 is 0 Å². The van der Waals surface area contributed by atoms with Crippen molar-refractivity contribution in [1.29, 1.82) is 0 Å². The van der Waals surface area contributed by atoms with E-state index in [0.717, 1.165) is 0 Å². The molecule has 0 amide bonds. The molecule has 0 aliphatic heterocycles. The Morgan fingerprint density at radius 3 is 2.60 bits per heavy atom. The minimum absolute atomic E-state index is 0.0527. The number of furan rings is 2. The maximum atomic E-state index is 12.2. The van der Waals surface area contributed by atoms with Crippen molar-refractivity contribution in [2.75, 3.05) is 0 Å². The highest BCUT2D eigenvalue weighted by Crippen LogP contribution is 2.27. The van der Waals surface area contributed by atoms with Gasteiger partial charge in [-0.2, -0.15) is 0 Å². The lowest BCUT2D eigenvalue weighted by atomic mass is 10.3. The van der Waals surface area contributed by atoms with Gasteiger partial charge in [-0.05, 0) is 41.9 Å². The summed E-state index contributed by atoms with van der Waals surface area (Å²) in [7, 11) is -3.78. The highest BCUT2D eigenvalue weighted by molar-refractivity contribution is 9.10. The van der Waals surface area contributed by atoms with Crippen LogP contribution in [-0.4, -0.2) is 13.5 Å². The summed E-state index contributed by atoms with van der Waals surface area (Å²) >= 11 is 3.02. The van der Waals surface area contributed by atoms with Gasteiger partial charge in [0.25, 0.3) is 0 Å². The fraction of sp³-hybridized carbons (Fsp3) is 0.333. The predicted molar refractivity (Wildman–Crippen MR) is 74.5 cm³/mol. The Morgan fingerprint density at radius 1 is 1.40 bits per heavy atom. The van der Waals surface area contributed by atoms with Crippen molar-refractivity contribution in [2.24, 2.45) is 0 Å². The van der Waals surface area contributed by atoms with Gasteiger partial charge in [0, 0.05) is 6.07 Å². The average Bonchev–Trinajstić information content (AvgIpc) is 2.95. The summed E-state index contributed by atoms with van der Waals surface area (Å²) in [6.07, 6.45) is 0. The summed E-state index contributed by atoms with van der Waals surface area (Å²) in [4.78, 5) is -0.0586. The molecule has 1 atom stereocenters. The quantitative estimate of drug-likeness (QED) is 0.850. The van der Waals surface area contributed by atoms with Crippen LogP contribution in [-0.2, 0) is 16.6 Å². The molecule has 0 fully saturated rings. The second-order valence-corrected chi connectivity index (χ2v) is 6.70. The van der Waals surface area contributed by atoms with E-state index in [1.807, 2.05) is 0 Å². The standard InChI is InChI=1S/C12H14BrNO5S/c1-7-3-4-10(18-7)8(2)14-20(16,17)11-5-9(6-15)19-12(11)13/h3-5,8,14-15H,6H2,1-2H3. The number of rotatable bonds is 5. The first-order valence-electron chi connectivity index (χ1n) is 5.81. The van der Waals surface area contributed by atoms with Gasteiger partial charge in [-0.25, -0.2) is 13.1 Å². The molecule has 0 bridgehead atoms. The molecule has 0 saturated heterocycles. The molecule has 0 radical (unpaired) electrons. The number of hydrogen-bond donors (Lipinski definition) is 2. The van der Waals surface area contributed by atoms with Crippen LogP contribution in [0.25, 0.3) is 0 Å². The average molecular weight is 364 g/mol. The molecule has 0 aliphatic rings. The van der Waals surface area contributed by atoms with Gasteiger partial charge in [0.1, 0.15) is 28.8 Å². The van der Waals surface area contributed by atoms with Crippen LogP contribution < -0.4 is 4.72 Å². The second kappa shape index (κ2) is 5.72. The molecule has 2 heterocycles. The number of nitrogens with one attached hydrogen (secondary N) is 1. The number of aliphatic hydroxyl groups excluding tert-OH is 1. The van der Waals surface area contributed by atoms with Gasteiger partial charge in [0.2, 0.25) is 10.0 Å². The Hall–Kier alpha value is -1.09. The number of hydrogen-bond acceptors (Lipinski definition) is 5. The summed E-state index contributed by atoms with van der Waals surface area (Å²) in [5.74, 6) is 1.39. The van der Waals surface area contributed by atoms with E-state index < -0.39 is 16.1 Å². The fourth-order valence-electron chi connectivity index (χ4n) is 1.70. The first-order chi connectivity index (χ1) is 9.33. The molecule has 8 heteroatoms. The second-order valence-electron chi connectivity index (χ2n) is 4.30. The molecule has 0 aromatic carbocycles. The Balaban J connectivity index is 2.24. The molecule has 0 spiro atoms. The molecule has 0 saturated carbocycles. The van der Waals surface area contributed by atoms with E-state index in [9.17, 15) is 8.42 Å². The minimum Gasteiger partial charge on any atom is -0.465 e. The lowest BCUT2D eigenvalue weighted by Gasteiger charge is -2.11. The minimum atomic E-state index is -3.78. The molecule has 2 rings (SSSR count). The van der Waals surface area contributed by atoms with Crippen LogP contribution in [0.2, 0.25) is 0 Å². The maximum absolute atomic E-state index is 12.2. The topological polar surface area (TPSA) is 92.7 Å². The molecule has 6 nitrogen and oxygen atoms in total. The van der Waals surface area contributed by atoms with Gasteiger partial charge in [-0.1, -0.05) is 0 Å². The molecule has 2 aromatic rings. The lowest BCUT2D eigenvalue weighted by molar-refractivity contribution is 0.245. The van der Waals surface area contributed by atoms with Crippen molar-refractivity contribution in [1.82, 2.24) is 4.72 Å². The normalized spacial score (nSPS) is 13.6.